The number of piperidine rings is 1. The molecule has 1 saturated heterocycles. The van der Waals surface area contributed by atoms with Gasteiger partial charge in [-0.05, 0) is 12.8 Å². The predicted molar refractivity (Wildman–Crippen MR) is 75.9 cm³/mol. The Kier molecular flexibility index (Phi) is 4.36. The van der Waals surface area contributed by atoms with Crippen LogP contribution in [0.5, 0.6) is 0 Å². The lowest BCUT2D eigenvalue weighted by molar-refractivity contribution is 0.0889. The van der Waals surface area contributed by atoms with Crippen LogP contribution in [0.4, 0.5) is 17.8 Å². The first-order valence-electron chi connectivity index (χ1n) is 6.53. The van der Waals surface area contributed by atoms with E-state index in [0.29, 0.717) is 17.8 Å². The summed E-state index contributed by atoms with van der Waals surface area (Å²) in [6, 6.07) is 0. The maximum Gasteiger partial charge on any atom is 0.232 e. The van der Waals surface area contributed by atoms with Gasteiger partial charge in [0.1, 0.15) is 0 Å². The molecule has 1 aromatic rings. The third-order valence-corrected chi connectivity index (χ3v) is 3.23. The molecule has 0 aromatic carbocycles. The lowest BCUT2D eigenvalue weighted by Crippen LogP contribution is -2.40. The molecule has 0 aliphatic carbocycles. The van der Waals surface area contributed by atoms with Gasteiger partial charge in [-0.15, -0.1) is 0 Å². The highest BCUT2D eigenvalue weighted by Gasteiger charge is 2.22. The second-order valence-electron chi connectivity index (χ2n) is 4.85. The van der Waals surface area contributed by atoms with Crippen LogP contribution in [0.15, 0.2) is 0 Å². The number of ether oxygens (including phenoxy) is 1. The fourth-order valence-electron chi connectivity index (χ4n) is 2.12. The number of nitrogens with one attached hydrogen (secondary N) is 1. The molecular weight excluding hydrogens is 244 g/mol. The van der Waals surface area contributed by atoms with Crippen LogP contribution in [0.1, 0.15) is 12.8 Å². The summed E-state index contributed by atoms with van der Waals surface area (Å²) < 4.78 is 5.44. The van der Waals surface area contributed by atoms with Crippen LogP contribution in [0.2, 0.25) is 0 Å². The third kappa shape index (κ3) is 3.23. The number of methoxy groups -OCH3 is 1. The molecule has 19 heavy (non-hydrogen) atoms. The van der Waals surface area contributed by atoms with Crippen molar-refractivity contribution in [3.8, 4) is 0 Å². The Morgan fingerprint density at radius 1 is 1.32 bits per heavy atom. The lowest BCUT2D eigenvalue weighted by atomic mass is 10.1. The normalized spacial score (nSPS) is 19.4. The molecular formula is C12H22N6O. The number of hydrogen-bond donors (Lipinski definition) is 1. The van der Waals surface area contributed by atoms with Crippen molar-refractivity contribution in [1.82, 2.24) is 15.0 Å². The van der Waals surface area contributed by atoms with E-state index in [1.807, 2.05) is 26.0 Å². The molecule has 1 unspecified atom stereocenters. The van der Waals surface area contributed by atoms with Crippen molar-refractivity contribution in [2.45, 2.75) is 18.9 Å². The molecule has 0 amide bonds. The zero-order valence-corrected chi connectivity index (χ0v) is 12.1. The van der Waals surface area contributed by atoms with Crippen LogP contribution < -0.4 is 15.1 Å². The van der Waals surface area contributed by atoms with Gasteiger partial charge in [0.2, 0.25) is 17.8 Å². The smallest absolute Gasteiger partial charge is 0.232 e. The zero-order valence-electron chi connectivity index (χ0n) is 12.1. The molecule has 1 aromatic heterocycles. The van der Waals surface area contributed by atoms with Crippen molar-refractivity contribution in [1.29, 1.82) is 0 Å². The molecule has 0 spiro atoms. The summed E-state index contributed by atoms with van der Waals surface area (Å²) in [6.07, 6.45) is 2.44. The van der Waals surface area contributed by atoms with Crippen LogP contribution >= 0.6 is 0 Å². The van der Waals surface area contributed by atoms with Crippen molar-refractivity contribution in [2.75, 3.05) is 56.5 Å². The molecule has 0 bridgehead atoms. The summed E-state index contributed by atoms with van der Waals surface area (Å²) in [6.45, 7) is 1.79. The summed E-state index contributed by atoms with van der Waals surface area (Å²) >= 11 is 0. The van der Waals surface area contributed by atoms with Crippen molar-refractivity contribution in [3.05, 3.63) is 0 Å². The fraction of sp³-hybridized carbons (Fsp3) is 0.750. The Bertz CT molecular complexity index is 425. The zero-order chi connectivity index (χ0) is 13.8. The number of nitrogens with zero attached hydrogens (tertiary/aromatic N) is 5. The molecule has 0 saturated carbocycles. The molecule has 1 fully saturated rings. The quantitative estimate of drug-likeness (QED) is 0.855. The summed E-state index contributed by atoms with van der Waals surface area (Å²) in [5.74, 6) is 1.96. The first kappa shape index (κ1) is 13.8. The first-order valence-corrected chi connectivity index (χ1v) is 6.53. The maximum atomic E-state index is 5.44. The Balaban J connectivity index is 2.25. The number of aromatic nitrogens is 3. The Morgan fingerprint density at radius 3 is 2.74 bits per heavy atom. The second-order valence-corrected chi connectivity index (χ2v) is 4.85. The predicted octanol–water partition coefficient (Wildman–Crippen LogP) is 0.595. The number of hydrogen-bond acceptors (Lipinski definition) is 7. The highest BCUT2D eigenvalue weighted by Crippen LogP contribution is 2.20. The molecule has 1 aliphatic heterocycles. The van der Waals surface area contributed by atoms with Crippen LogP contribution in [-0.4, -0.2) is 62.4 Å². The molecule has 1 aliphatic rings. The van der Waals surface area contributed by atoms with Gasteiger partial charge < -0.3 is 19.9 Å². The standard InChI is InChI=1S/C12H22N6O/c1-13-10-14-11(17(2)3)16-12(15-10)18-7-5-6-9(8-18)19-4/h9H,5-8H2,1-4H3,(H,13,14,15,16). The van der Waals surface area contributed by atoms with Crippen LogP contribution in [0.25, 0.3) is 0 Å². The molecule has 1 N–H and O–H groups in total. The highest BCUT2D eigenvalue weighted by molar-refractivity contribution is 5.44. The number of anilines is 3. The average Bonchev–Trinajstić information content (AvgIpc) is 2.46. The van der Waals surface area contributed by atoms with Crippen molar-refractivity contribution in [3.63, 3.8) is 0 Å². The van der Waals surface area contributed by atoms with Crippen molar-refractivity contribution in [2.24, 2.45) is 0 Å². The summed E-state index contributed by atoms with van der Waals surface area (Å²) in [4.78, 5) is 17.3. The molecule has 2 rings (SSSR count). The van der Waals surface area contributed by atoms with Crippen LogP contribution in [0, 0.1) is 0 Å². The number of rotatable bonds is 4. The van der Waals surface area contributed by atoms with Gasteiger partial charge in [0, 0.05) is 41.3 Å². The topological polar surface area (TPSA) is 66.4 Å². The van der Waals surface area contributed by atoms with Gasteiger partial charge in [0.05, 0.1) is 6.10 Å². The minimum absolute atomic E-state index is 0.256. The van der Waals surface area contributed by atoms with E-state index < -0.39 is 0 Å². The minimum Gasteiger partial charge on any atom is -0.380 e. The van der Waals surface area contributed by atoms with Crippen molar-refractivity contribution < 1.29 is 4.74 Å². The van der Waals surface area contributed by atoms with E-state index in [1.54, 1.807) is 7.11 Å². The largest absolute Gasteiger partial charge is 0.380 e. The SMILES string of the molecule is CNc1nc(N(C)C)nc(N2CCCC(OC)C2)n1. The van der Waals surface area contributed by atoms with Gasteiger partial charge in [-0.3, -0.25) is 0 Å². The molecule has 7 heteroatoms. The van der Waals surface area contributed by atoms with Gasteiger partial charge in [-0.25, -0.2) is 0 Å². The fourth-order valence-corrected chi connectivity index (χ4v) is 2.12. The van der Waals surface area contributed by atoms with E-state index in [4.69, 9.17) is 4.74 Å². The highest BCUT2D eigenvalue weighted by atomic mass is 16.5. The van der Waals surface area contributed by atoms with Gasteiger partial charge in [-0.2, -0.15) is 15.0 Å². The van der Waals surface area contributed by atoms with E-state index in [9.17, 15) is 0 Å². The van der Waals surface area contributed by atoms with Crippen molar-refractivity contribution >= 4 is 17.8 Å². The second kappa shape index (κ2) is 6.01. The monoisotopic (exact) mass is 266 g/mol. The summed E-state index contributed by atoms with van der Waals surface area (Å²) in [5.41, 5.74) is 0. The van der Waals surface area contributed by atoms with Gasteiger partial charge in [0.15, 0.2) is 0 Å². The molecule has 0 radical (unpaired) electrons. The molecule has 2 heterocycles. The Morgan fingerprint density at radius 2 is 2.11 bits per heavy atom. The Hall–Kier alpha value is -1.63. The van der Waals surface area contributed by atoms with Crippen LogP contribution in [-0.2, 0) is 4.74 Å². The van der Waals surface area contributed by atoms with E-state index in [1.165, 1.54) is 0 Å². The van der Waals surface area contributed by atoms with Crippen LogP contribution in [0.3, 0.4) is 0 Å². The molecule has 7 nitrogen and oxygen atoms in total. The third-order valence-electron chi connectivity index (χ3n) is 3.23. The summed E-state index contributed by atoms with van der Waals surface area (Å²) in [5, 5.41) is 2.98. The Labute approximate surface area is 114 Å². The van der Waals surface area contributed by atoms with E-state index in [2.05, 4.69) is 25.2 Å². The minimum atomic E-state index is 0.256. The first-order chi connectivity index (χ1) is 9.13. The van der Waals surface area contributed by atoms with E-state index in [-0.39, 0.29) is 6.10 Å². The molecule has 1 atom stereocenters. The maximum absolute atomic E-state index is 5.44. The average molecular weight is 266 g/mol. The molecule has 106 valence electrons. The summed E-state index contributed by atoms with van der Waals surface area (Å²) in [7, 11) is 7.41. The lowest BCUT2D eigenvalue weighted by Gasteiger charge is -2.32. The van der Waals surface area contributed by atoms with Gasteiger partial charge >= 0.3 is 0 Å². The van der Waals surface area contributed by atoms with Gasteiger partial charge in [-0.1, -0.05) is 0 Å². The van der Waals surface area contributed by atoms with E-state index in [0.717, 1.165) is 25.9 Å². The van der Waals surface area contributed by atoms with E-state index >= 15 is 0 Å². The van der Waals surface area contributed by atoms with Gasteiger partial charge in [0.25, 0.3) is 0 Å².